The maximum Gasteiger partial charge on any atom is 0.194 e. The molecule has 2 rings (SSSR count). The summed E-state index contributed by atoms with van der Waals surface area (Å²) in [5.41, 5.74) is 0. The standard InChI is InChI=1S/C11H17N3O/c1-12-11(14-6-2-3-7-14)13-9-10-5-4-8-15-10/h4-5,8H,2-3,6-7,9H2,1H3,(H,12,13). The van der Waals surface area contributed by atoms with Crippen LogP contribution in [0.15, 0.2) is 27.8 Å². The van der Waals surface area contributed by atoms with Crippen molar-refractivity contribution in [2.75, 3.05) is 20.1 Å². The van der Waals surface area contributed by atoms with Crippen molar-refractivity contribution in [1.82, 2.24) is 10.2 Å². The molecule has 0 unspecified atom stereocenters. The Kier molecular flexibility index (Phi) is 3.27. The monoisotopic (exact) mass is 207 g/mol. The Balaban J connectivity index is 1.86. The Morgan fingerprint density at radius 2 is 2.33 bits per heavy atom. The van der Waals surface area contributed by atoms with Gasteiger partial charge in [-0.1, -0.05) is 0 Å². The minimum absolute atomic E-state index is 0.705. The van der Waals surface area contributed by atoms with Gasteiger partial charge >= 0.3 is 0 Å². The number of nitrogens with one attached hydrogen (secondary N) is 1. The summed E-state index contributed by atoms with van der Waals surface area (Å²) in [4.78, 5) is 6.54. The summed E-state index contributed by atoms with van der Waals surface area (Å²) in [6.07, 6.45) is 4.22. The molecule has 1 N–H and O–H groups in total. The normalized spacial score (nSPS) is 17.1. The summed E-state index contributed by atoms with van der Waals surface area (Å²) in [5, 5.41) is 3.30. The SMILES string of the molecule is CN=C(NCc1ccco1)N1CCCC1. The Morgan fingerprint density at radius 1 is 1.53 bits per heavy atom. The second-order valence-corrected chi connectivity index (χ2v) is 3.67. The molecule has 1 aliphatic heterocycles. The summed E-state index contributed by atoms with van der Waals surface area (Å²) >= 11 is 0. The van der Waals surface area contributed by atoms with E-state index in [-0.39, 0.29) is 0 Å². The van der Waals surface area contributed by atoms with E-state index in [1.807, 2.05) is 19.2 Å². The van der Waals surface area contributed by atoms with E-state index in [1.165, 1.54) is 12.8 Å². The van der Waals surface area contributed by atoms with Crippen molar-refractivity contribution in [2.45, 2.75) is 19.4 Å². The molecule has 0 atom stereocenters. The Bertz CT molecular complexity index is 313. The van der Waals surface area contributed by atoms with Crippen molar-refractivity contribution in [3.8, 4) is 0 Å². The lowest BCUT2D eigenvalue weighted by Gasteiger charge is -2.20. The highest BCUT2D eigenvalue weighted by Crippen LogP contribution is 2.07. The lowest BCUT2D eigenvalue weighted by molar-refractivity contribution is 0.469. The topological polar surface area (TPSA) is 40.8 Å². The first-order chi connectivity index (χ1) is 7.40. The van der Waals surface area contributed by atoms with Gasteiger partial charge in [-0.25, -0.2) is 0 Å². The summed E-state index contributed by atoms with van der Waals surface area (Å²) in [7, 11) is 1.82. The summed E-state index contributed by atoms with van der Waals surface area (Å²) in [6.45, 7) is 2.92. The Morgan fingerprint density at radius 3 is 2.93 bits per heavy atom. The lowest BCUT2D eigenvalue weighted by Crippen LogP contribution is -2.39. The van der Waals surface area contributed by atoms with Crippen LogP contribution in [0.3, 0.4) is 0 Å². The zero-order chi connectivity index (χ0) is 10.5. The van der Waals surface area contributed by atoms with Crippen LogP contribution < -0.4 is 5.32 Å². The molecule has 1 aromatic rings. The molecule has 1 aliphatic rings. The summed E-state index contributed by atoms with van der Waals surface area (Å²) in [6, 6.07) is 3.86. The van der Waals surface area contributed by atoms with Crippen LogP contribution in [0.4, 0.5) is 0 Å². The van der Waals surface area contributed by atoms with Gasteiger partial charge in [0.05, 0.1) is 12.8 Å². The fourth-order valence-corrected chi connectivity index (χ4v) is 1.84. The van der Waals surface area contributed by atoms with Crippen molar-refractivity contribution in [2.24, 2.45) is 4.99 Å². The summed E-state index contributed by atoms with van der Waals surface area (Å²) < 4.78 is 5.26. The maximum atomic E-state index is 5.26. The highest BCUT2D eigenvalue weighted by atomic mass is 16.3. The molecule has 2 heterocycles. The first-order valence-electron chi connectivity index (χ1n) is 5.38. The smallest absolute Gasteiger partial charge is 0.194 e. The lowest BCUT2D eigenvalue weighted by atomic mass is 10.4. The second kappa shape index (κ2) is 4.87. The first-order valence-corrected chi connectivity index (χ1v) is 5.38. The fourth-order valence-electron chi connectivity index (χ4n) is 1.84. The zero-order valence-corrected chi connectivity index (χ0v) is 9.07. The van der Waals surface area contributed by atoms with E-state index in [0.29, 0.717) is 6.54 Å². The summed E-state index contributed by atoms with van der Waals surface area (Å²) in [5.74, 6) is 1.92. The molecule has 1 saturated heterocycles. The third-order valence-electron chi connectivity index (χ3n) is 2.62. The van der Waals surface area contributed by atoms with Crippen molar-refractivity contribution in [3.05, 3.63) is 24.2 Å². The van der Waals surface area contributed by atoms with Crippen LogP contribution in [0.5, 0.6) is 0 Å². The zero-order valence-electron chi connectivity index (χ0n) is 9.07. The number of hydrogen-bond acceptors (Lipinski definition) is 2. The minimum Gasteiger partial charge on any atom is -0.467 e. The van der Waals surface area contributed by atoms with Crippen molar-refractivity contribution in [1.29, 1.82) is 0 Å². The van der Waals surface area contributed by atoms with Gasteiger partial charge in [-0.2, -0.15) is 0 Å². The molecular weight excluding hydrogens is 190 g/mol. The molecule has 4 heteroatoms. The molecule has 1 fully saturated rings. The molecule has 15 heavy (non-hydrogen) atoms. The van der Waals surface area contributed by atoms with Crippen molar-refractivity contribution >= 4 is 5.96 Å². The fraction of sp³-hybridized carbons (Fsp3) is 0.545. The third-order valence-corrected chi connectivity index (χ3v) is 2.62. The van der Waals surface area contributed by atoms with E-state index in [4.69, 9.17) is 4.42 Å². The first kappa shape index (κ1) is 10.1. The van der Waals surface area contributed by atoms with Gasteiger partial charge in [0.2, 0.25) is 0 Å². The van der Waals surface area contributed by atoms with E-state index < -0.39 is 0 Å². The largest absolute Gasteiger partial charge is 0.467 e. The van der Waals surface area contributed by atoms with Crippen LogP contribution in [-0.2, 0) is 6.54 Å². The second-order valence-electron chi connectivity index (χ2n) is 3.67. The molecule has 0 saturated carbocycles. The van der Waals surface area contributed by atoms with E-state index in [0.717, 1.165) is 24.8 Å². The number of nitrogens with zero attached hydrogens (tertiary/aromatic N) is 2. The number of guanidine groups is 1. The molecule has 1 aromatic heterocycles. The average Bonchev–Trinajstić information content (AvgIpc) is 2.90. The number of aliphatic imine (C=N–C) groups is 1. The van der Waals surface area contributed by atoms with Gasteiger partial charge in [-0.05, 0) is 25.0 Å². The Labute approximate surface area is 90.0 Å². The van der Waals surface area contributed by atoms with Crippen LogP contribution in [-0.4, -0.2) is 31.0 Å². The molecule has 0 spiro atoms. The van der Waals surface area contributed by atoms with Crippen LogP contribution >= 0.6 is 0 Å². The van der Waals surface area contributed by atoms with Crippen molar-refractivity contribution < 1.29 is 4.42 Å². The van der Waals surface area contributed by atoms with Crippen LogP contribution in [0.1, 0.15) is 18.6 Å². The molecule has 0 radical (unpaired) electrons. The van der Waals surface area contributed by atoms with E-state index in [2.05, 4.69) is 15.2 Å². The molecule has 0 aromatic carbocycles. The molecular formula is C11H17N3O. The molecule has 4 nitrogen and oxygen atoms in total. The number of likely N-dealkylation sites (tertiary alicyclic amines) is 1. The molecule has 0 amide bonds. The predicted octanol–water partition coefficient (Wildman–Crippen LogP) is 1.45. The Hall–Kier alpha value is -1.45. The van der Waals surface area contributed by atoms with Gasteiger partial charge in [0, 0.05) is 20.1 Å². The highest BCUT2D eigenvalue weighted by Gasteiger charge is 2.15. The van der Waals surface area contributed by atoms with Crippen molar-refractivity contribution in [3.63, 3.8) is 0 Å². The number of rotatable bonds is 2. The number of furan rings is 1. The highest BCUT2D eigenvalue weighted by molar-refractivity contribution is 5.80. The molecule has 0 aliphatic carbocycles. The van der Waals surface area contributed by atoms with Crippen LogP contribution in [0.25, 0.3) is 0 Å². The van der Waals surface area contributed by atoms with Crippen LogP contribution in [0, 0.1) is 0 Å². The van der Waals surface area contributed by atoms with Gasteiger partial charge in [-0.15, -0.1) is 0 Å². The van der Waals surface area contributed by atoms with Gasteiger partial charge in [0.1, 0.15) is 5.76 Å². The molecule has 82 valence electrons. The van der Waals surface area contributed by atoms with Gasteiger partial charge in [0.25, 0.3) is 0 Å². The van der Waals surface area contributed by atoms with E-state index in [9.17, 15) is 0 Å². The van der Waals surface area contributed by atoms with Crippen LogP contribution in [0.2, 0.25) is 0 Å². The minimum atomic E-state index is 0.705. The number of hydrogen-bond donors (Lipinski definition) is 1. The predicted molar refractivity (Wildman–Crippen MR) is 59.7 cm³/mol. The van der Waals surface area contributed by atoms with Gasteiger partial charge < -0.3 is 14.6 Å². The van der Waals surface area contributed by atoms with E-state index >= 15 is 0 Å². The van der Waals surface area contributed by atoms with E-state index in [1.54, 1.807) is 6.26 Å². The van der Waals surface area contributed by atoms with Gasteiger partial charge in [0.15, 0.2) is 5.96 Å². The maximum absolute atomic E-state index is 5.26. The third kappa shape index (κ3) is 2.52. The average molecular weight is 207 g/mol. The van der Waals surface area contributed by atoms with Gasteiger partial charge in [-0.3, -0.25) is 4.99 Å². The quantitative estimate of drug-likeness (QED) is 0.589. The molecule has 0 bridgehead atoms.